The molecule has 0 aliphatic carbocycles. The lowest BCUT2D eigenvalue weighted by atomic mass is 10.1. The van der Waals surface area contributed by atoms with Crippen LogP contribution < -0.4 is 15.4 Å². The van der Waals surface area contributed by atoms with Crippen LogP contribution in [0.3, 0.4) is 0 Å². The molecule has 6 nitrogen and oxygen atoms in total. The van der Waals surface area contributed by atoms with Gasteiger partial charge in [-0.15, -0.1) is 0 Å². The van der Waals surface area contributed by atoms with E-state index in [1.807, 2.05) is 59.6 Å². The molecule has 0 bridgehead atoms. The maximum Gasteiger partial charge on any atom is 0.241 e. The fourth-order valence-corrected chi connectivity index (χ4v) is 5.36. The van der Waals surface area contributed by atoms with E-state index in [9.17, 15) is 4.79 Å². The van der Waals surface area contributed by atoms with Crippen LogP contribution in [0.25, 0.3) is 10.9 Å². The minimum Gasteiger partial charge on any atom is -0.497 e. The molecule has 0 saturated carbocycles. The van der Waals surface area contributed by atoms with Gasteiger partial charge in [-0.2, -0.15) is 0 Å². The third-order valence-electron chi connectivity index (χ3n) is 7.37. The van der Waals surface area contributed by atoms with Crippen LogP contribution >= 0.6 is 0 Å². The van der Waals surface area contributed by atoms with Gasteiger partial charge in [0.1, 0.15) is 11.9 Å². The topological polar surface area (TPSA) is 66.5 Å². The lowest BCUT2D eigenvalue weighted by Crippen LogP contribution is -2.33. The molecule has 0 radical (unpaired) electrons. The van der Waals surface area contributed by atoms with Crippen molar-refractivity contribution in [3.05, 3.63) is 102 Å². The van der Waals surface area contributed by atoms with Gasteiger partial charge < -0.3 is 15.0 Å². The van der Waals surface area contributed by atoms with Crippen LogP contribution in [0.5, 0.6) is 5.75 Å². The maximum atomic E-state index is 13.6. The van der Waals surface area contributed by atoms with Crippen LogP contribution in [0.15, 0.2) is 85.1 Å². The molecule has 6 heteroatoms. The Bertz CT molecular complexity index is 1390. The van der Waals surface area contributed by atoms with Crippen LogP contribution in [0.4, 0.5) is 5.69 Å². The van der Waals surface area contributed by atoms with Gasteiger partial charge >= 0.3 is 0 Å². The minimum absolute atomic E-state index is 0.118. The second-order valence-corrected chi connectivity index (χ2v) is 10.1. The molecule has 196 valence electrons. The second-order valence-electron chi connectivity index (χ2n) is 10.1. The first-order chi connectivity index (χ1) is 18.5. The van der Waals surface area contributed by atoms with E-state index >= 15 is 0 Å². The average molecular weight is 509 g/mol. The lowest BCUT2D eigenvalue weighted by Gasteiger charge is -2.26. The van der Waals surface area contributed by atoms with Crippen molar-refractivity contribution in [1.82, 2.24) is 15.2 Å². The number of hydrogen-bond acceptors (Lipinski definition) is 5. The molecule has 5 rings (SSSR count). The molecule has 1 aliphatic rings. The number of amides is 1. The normalized spacial score (nSPS) is 18.1. The number of rotatable bonds is 10. The van der Waals surface area contributed by atoms with Gasteiger partial charge in [0.05, 0.1) is 24.4 Å². The Morgan fingerprint density at radius 2 is 1.84 bits per heavy atom. The zero-order valence-electron chi connectivity index (χ0n) is 22.4. The number of pyridine rings is 1. The van der Waals surface area contributed by atoms with E-state index in [0.717, 1.165) is 40.7 Å². The number of carbonyl (C=O) groups excluding carboxylic acids is 1. The van der Waals surface area contributed by atoms with Gasteiger partial charge in [0.25, 0.3) is 0 Å². The number of hydrogen-bond donors (Lipinski definition) is 2. The molecule has 1 saturated heterocycles. The van der Waals surface area contributed by atoms with Crippen molar-refractivity contribution in [1.29, 1.82) is 0 Å². The molecule has 0 spiro atoms. The van der Waals surface area contributed by atoms with Crippen molar-refractivity contribution in [2.75, 3.05) is 19.0 Å². The van der Waals surface area contributed by atoms with Crippen molar-refractivity contribution >= 4 is 22.5 Å². The first-order valence-corrected chi connectivity index (χ1v) is 13.4. The molecule has 4 aromatic rings. The minimum atomic E-state index is -0.230. The number of nitrogens with zero attached hydrogens (tertiary/aromatic N) is 2. The van der Waals surface area contributed by atoms with Gasteiger partial charge in [0.2, 0.25) is 5.91 Å². The SMILES string of the molecule is COc1cc(NC(C)CCCN2C(=O)C(Cc3ccccc3)NC2c2ccccc2C)c2ncccc2c1. The molecular weight excluding hydrogens is 472 g/mol. The molecule has 1 fully saturated rings. The molecule has 1 aromatic heterocycles. The second kappa shape index (κ2) is 11.7. The molecule has 2 heterocycles. The molecule has 3 unspecified atom stereocenters. The first-order valence-electron chi connectivity index (χ1n) is 13.4. The number of carbonyl (C=O) groups is 1. The van der Waals surface area contributed by atoms with Crippen molar-refractivity contribution < 1.29 is 9.53 Å². The van der Waals surface area contributed by atoms with Crippen molar-refractivity contribution in [3.8, 4) is 5.75 Å². The van der Waals surface area contributed by atoms with Gasteiger partial charge in [-0.1, -0.05) is 60.7 Å². The summed E-state index contributed by atoms with van der Waals surface area (Å²) in [6.07, 6.45) is 4.18. The van der Waals surface area contributed by atoms with Crippen molar-refractivity contribution in [2.45, 2.75) is 51.4 Å². The molecular formula is C32H36N4O2. The number of aromatic nitrogens is 1. The average Bonchev–Trinajstić information content (AvgIpc) is 3.23. The van der Waals surface area contributed by atoms with Crippen molar-refractivity contribution in [3.63, 3.8) is 0 Å². The third kappa shape index (κ3) is 5.65. The number of aryl methyl sites for hydroxylation is 1. The zero-order chi connectivity index (χ0) is 26.5. The van der Waals surface area contributed by atoms with E-state index < -0.39 is 0 Å². The Balaban J connectivity index is 1.27. The predicted molar refractivity (Wildman–Crippen MR) is 153 cm³/mol. The smallest absolute Gasteiger partial charge is 0.241 e. The van der Waals surface area contributed by atoms with Gasteiger partial charge in [-0.25, -0.2) is 0 Å². The zero-order valence-corrected chi connectivity index (χ0v) is 22.4. The Morgan fingerprint density at radius 3 is 2.63 bits per heavy atom. The monoisotopic (exact) mass is 508 g/mol. The van der Waals surface area contributed by atoms with E-state index in [1.54, 1.807) is 7.11 Å². The lowest BCUT2D eigenvalue weighted by molar-refractivity contribution is -0.130. The van der Waals surface area contributed by atoms with Crippen LogP contribution in [0, 0.1) is 6.92 Å². The van der Waals surface area contributed by atoms with E-state index in [1.165, 1.54) is 11.1 Å². The van der Waals surface area contributed by atoms with E-state index in [4.69, 9.17) is 4.74 Å². The molecule has 2 N–H and O–H groups in total. The number of methoxy groups -OCH3 is 1. The highest BCUT2D eigenvalue weighted by Gasteiger charge is 2.39. The quantitative estimate of drug-likeness (QED) is 0.280. The van der Waals surface area contributed by atoms with E-state index in [2.05, 4.69) is 59.8 Å². The third-order valence-corrected chi connectivity index (χ3v) is 7.37. The van der Waals surface area contributed by atoms with Gasteiger partial charge in [-0.3, -0.25) is 15.1 Å². The van der Waals surface area contributed by atoms with Crippen LogP contribution in [0.2, 0.25) is 0 Å². The number of fused-ring (bicyclic) bond motifs is 1. The highest BCUT2D eigenvalue weighted by molar-refractivity contribution is 5.92. The predicted octanol–water partition coefficient (Wildman–Crippen LogP) is 5.87. The fourth-order valence-electron chi connectivity index (χ4n) is 5.36. The summed E-state index contributed by atoms with van der Waals surface area (Å²) in [5.74, 6) is 0.977. The summed E-state index contributed by atoms with van der Waals surface area (Å²) in [7, 11) is 1.68. The highest BCUT2D eigenvalue weighted by Crippen LogP contribution is 2.31. The Kier molecular flexibility index (Phi) is 7.89. The fraction of sp³-hybridized carbons (Fsp3) is 0.312. The number of benzene rings is 3. The van der Waals surface area contributed by atoms with Crippen LogP contribution in [-0.2, 0) is 11.2 Å². The maximum absolute atomic E-state index is 13.6. The summed E-state index contributed by atoms with van der Waals surface area (Å²) < 4.78 is 5.50. The Morgan fingerprint density at radius 1 is 1.05 bits per heavy atom. The first kappa shape index (κ1) is 25.7. The van der Waals surface area contributed by atoms with Crippen molar-refractivity contribution in [2.24, 2.45) is 0 Å². The summed E-state index contributed by atoms with van der Waals surface area (Å²) in [6.45, 7) is 4.98. The summed E-state index contributed by atoms with van der Waals surface area (Å²) in [4.78, 5) is 20.2. The number of ether oxygens (including phenoxy) is 1. The molecule has 3 aromatic carbocycles. The standard InChI is InChI=1S/C32H36N4O2/c1-22-11-7-8-16-27(22)31-35-29(19-24-13-5-4-6-14-24)32(37)36(31)18-10-12-23(2)34-28-21-26(38-3)20-25-15-9-17-33-30(25)28/h4-9,11,13-17,20-21,23,29,31,34-35H,10,12,18-19H2,1-3H3. The largest absolute Gasteiger partial charge is 0.497 e. The Labute approximate surface area is 225 Å². The summed E-state index contributed by atoms with van der Waals surface area (Å²) >= 11 is 0. The molecule has 1 aliphatic heterocycles. The summed E-state index contributed by atoms with van der Waals surface area (Å²) in [5.41, 5.74) is 5.42. The summed E-state index contributed by atoms with van der Waals surface area (Å²) in [5, 5.41) is 8.32. The van der Waals surface area contributed by atoms with Gasteiger partial charge in [0, 0.05) is 30.2 Å². The highest BCUT2D eigenvalue weighted by atomic mass is 16.5. The van der Waals surface area contributed by atoms with E-state index in [0.29, 0.717) is 13.0 Å². The van der Waals surface area contributed by atoms with Crippen LogP contribution in [0.1, 0.15) is 42.6 Å². The molecule has 38 heavy (non-hydrogen) atoms. The van der Waals surface area contributed by atoms with Gasteiger partial charge in [0.15, 0.2) is 0 Å². The number of nitrogens with one attached hydrogen (secondary N) is 2. The van der Waals surface area contributed by atoms with Crippen LogP contribution in [-0.4, -0.2) is 41.5 Å². The molecule has 3 atom stereocenters. The van der Waals surface area contributed by atoms with Gasteiger partial charge in [-0.05, 0) is 61.9 Å². The molecule has 1 amide bonds. The Hall–Kier alpha value is -3.90. The number of anilines is 1. The van der Waals surface area contributed by atoms with E-state index in [-0.39, 0.29) is 24.2 Å². The summed E-state index contributed by atoms with van der Waals surface area (Å²) in [6, 6.07) is 26.5.